The summed E-state index contributed by atoms with van der Waals surface area (Å²) in [5, 5.41) is 4.14. The minimum atomic E-state index is -0.275. The lowest BCUT2D eigenvalue weighted by atomic mass is 9.93. The lowest BCUT2D eigenvalue weighted by Crippen LogP contribution is -2.61. The highest BCUT2D eigenvalue weighted by Crippen LogP contribution is 2.25. The number of piperazine rings is 1. The number of nitrogens with one attached hydrogen (secondary N) is 1. The van der Waals surface area contributed by atoms with Crippen molar-refractivity contribution >= 4 is 11.6 Å². The van der Waals surface area contributed by atoms with E-state index in [0.717, 1.165) is 31.6 Å². The highest BCUT2D eigenvalue weighted by Gasteiger charge is 2.32. The van der Waals surface area contributed by atoms with Crippen molar-refractivity contribution < 1.29 is 4.39 Å². The summed E-state index contributed by atoms with van der Waals surface area (Å²) >= 11 is 6.19. The van der Waals surface area contributed by atoms with Crippen molar-refractivity contribution in [2.45, 2.75) is 52.2 Å². The van der Waals surface area contributed by atoms with Crippen molar-refractivity contribution in [3.8, 4) is 0 Å². The van der Waals surface area contributed by atoms with E-state index >= 15 is 0 Å². The Labute approximate surface area is 132 Å². The molecule has 1 fully saturated rings. The molecule has 1 atom stereocenters. The van der Waals surface area contributed by atoms with Gasteiger partial charge in [-0.25, -0.2) is 4.39 Å². The standard InChI is InChI=1S/C17H26ClFN2/c1-12(2)7-15-9-20-17(3,4)11-21(15)10-13-5-6-14(19)8-16(13)18/h5-6,8,12,15,20H,7,9-11H2,1-4H3. The Morgan fingerprint density at radius 1 is 1.43 bits per heavy atom. The average Bonchev–Trinajstić information content (AvgIpc) is 2.35. The molecule has 1 aliphatic heterocycles. The molecule has 1 aromatic carbocycles. The van der Waals surface area contributed by atoms with Crippen LogP contribution < -0.4 is 5.32 Å². The van der Waals surface area contributed by atoms with Crippen LogP contribution in [0.1, 0.15) is 39.7 Å². The first-order valence-electron chi connectivity index (χ1n) is 7.70. The lowest BCUT2D eigenvalue weighted by Gasteiger charge is -2.45. The fourth-order valence-electron chi connectivity index (χ4n) is 3.05. The van der Waals surface area contributed by atoms with Crippen molar-refractivity contribution in [2.24, 2.45) is 5.92 Å². The van der Waals surface area contributed by atoms with Crippen LogP contribution in [0.4, 0.5) is 4.39 Å². The maximum Gasteiger partial charge on any atom is 0.124 e. The molecule has 21 heavy (non-hydrogen) atoms. The fraction of sp³-hybridized carbons (Fsp3) is 0.647. The van der Waals surface area contributed by atoms with Crippen LogP contribution in [0.2, 0.25) is 5.02 Å². The van der Waals surface area contributed by atoms with Crippen LogP contribution in [0.15, 0.2) is 18.2 Å². The Morgan fingerprint density at radius 2 is 2.14 bits per heavy atom. The van der Waals surface area contributed by atoms with Crippen LogP contribution in [-0.4, -0.2) is 29.6 Å². The van der Waals surface area contributed by atoms with E-state index < -0.39 is 0 Å². The van der Waals surface area contributed by atoms with Crippen molar-refractivity contribution in [1.82, 2.24) is 10.2 Å². The smallest absolute Gasteiger partial charge is 0.124 e. The molecule has 1 aromatic rings. The maximum atomic E-state index is 13.2. The average molecular weight is 313 g/mol. The highest BCUT2D eigenvalue weighted by molar-refractivity contribution is 6.31. The zero-order chi connectivity index (χ0) is 15.6. The number of rotatable bonds is 4. The molecule has 0 aliphatic carbocycles. The summed E-state index contributed by atoms with van der Waals surface area (Å²) in [5.41, 5.74) is 1.10. The molecule has 2 nitrogen and oxygen atoms in total. The second-order valence-corrected chi connectivity index (χ2v) is 7.60. The number of nitrogens with zero attached hydrogens (tertiary/aromatic N) is 1. The van der Waals surface area contributed by atoms with Gasteiger partial charge in [-0.2, -0.15) is 0 Å². The molecule has 0 bridgehead atoms. The third-order valence-electron chi connectivity index (χ3n) is 4.06. The molecule has 1 heterocycles. The third kappa shape index (κ3) is 4.67. The van der Waals surface area contributed by atoms with Gasteiger partial charge in [-0.05, 0) is 43.9 Å². The van der Waals surface area contributed by atoms with Crippen LogP contribution in [0.5, 0.6) is 0 Å². The van der Waals surface area contributed by atoms with Gasteiger partial charge in [0.2, 0.25) is 0 Å². The first-order valence-corrected chi connectivity index (χ1v) is 8.07. The van der Waals surface area contributed by atoms with Crippen molar-refractivity contribution in [3.63, 3.8) is 0 Å². The minimum Gasteiger partial charge on any atom is -0.309 e. The van der Waals surface area contributed by atoms with Crippen molar-refractivity contribution in [2.75, 3.05) is 13.1 Å². The Morgan fingerprint density at radius 3 is 2.76 bits per heavy atom. The summed E-state index contributed by atoms with van der Waals surface area (Å²) in [6.07, 6.45) is 1.15. The highest BCUT2D eigenvalue weighted by atomic mass is 35.5. The summed E-state index contributed by atoms with van der Waals surface area (Å²) in [6, 6.07) is 5.20. The van der Waals surface area contributed by atoms with Gasteiger partial charge in [0.15, 0.2) is 0 Å². The van der Waals surface area contributed by atoms with Gasteiger partial charge in [0.05, 0.1) is 0 Å². The molecule has 0 saturated carbocycles. The second-order valence-electron chi connectivity index (χ2n) is 7.19. The number of hydrogen-bond donors (Lipinski definition) is 1. The van der Waals surface area contributed by atoms with Crippen molar-refractivity contribution in [3.05, 3.63) is 34.6 Å². The quantitative estimate of drug-likeness (QED) is 0.901. The monoisotopic (exact) mass is 312 g/mol. The summed E-state index contributed by atoms with van der Waals surface area (Å²) in [6.45, 7) is 11.7. The largest absolute Gasteiger partial charge is 0.309 e. The Balaban J connectivity index is 2.15. The van der Waals surface area contributed by atoms with Gasteiger partial charge >= 0.3 is 0 Å². The predicted octanol–water partition coefficient (Wildman–Crippen LogP) is 4.08. The van der Waals surface area contributed by atoms with Crippen LogP contribution in [0.25, 0.3) is 0 Å². The molecular weight excluding hydrogens is 287 g/mol. The molecule has 0 amide bonds. The molecule has 0 spiro atoms. The van der Waals surface area contributed by atoms with E-state index in [1.54, 1.807) is 6.07 Å². The van der Waals surface area contributed by atoms with E-state index in [4.69, 9.17) is 11.6 Å². The van der Waals surface area contributed by atoms with Crippen LogP contribution in [-0.2, 0) is 6.54 Å². The molecule has 2 rings (SSSR count). The molecular formula is C17H26ClFN2. The first kappa shape index (κ1) is 16.7. The van der Waals surface area contributed by atoms with Crippen LogP contribution in [0.3, 0.4) is 0 Å². The Kier molecular flexibility index (Phi) is 5.29. The topological polar surface area (TPSA) is 15.3 Å². The molecule has 0 aromatic heterocycles. The zero-order valence-corrected chi connectivity index (χ0v) is 14.2. The molecule has 1 unspecified atom stereocenters. The molecule has 1 N–H and O–H groups in total. The van der Waals surface area contributed by atoms with Gasteiger partial charge in [-0.15, -0.1) is 0 Å². The summed E-state index contributed by atoms with van der Waals surface area (Å²) in [7, 11) is 0. The van der Waals surface area contributed by atoms with Gasteiger partial charge in [0.25, 0.3) is 0 Å². The SMILES string of the molecule is CC(C)CC1CNC(C)(C)CN1Cc1ccc(F)cc1Cl. The normalized spacial score (nSPS) is 22.7. The Bertz CT molecular complexity index is 488. The van der Waals surface area contributed by atoms with Crippen molar-refractivity contribution in [1.29, 1.82) is 0 Å². The van der Waals surface area contributed by atoms with E-state index in [1.165, 1.54) is 12.1 Å². The number of hydrogen-bond acceptors (Lipinski definition) is 2. The fourth-order valence-corrected chi connectivity index (χ4v) is 3.27. The third-order valence-corrected chi connectivity index (χ3v) is 4.41. The molecule has 4 heteroatoms. The van der Waals surface area contributed by atoms with E-state index in [-0.39, 0.29) is 11.4 Å². The van der Waals surface area contributed by atoms with Gasteiger partial charge in [0, 0.05) is 36.2 Å². The first-order chi connectivity index (χ1) is 9.77. The summed E-state index contributed by atoms with van der Waals surface area (Å²) in [4.78, 5) is 2.48. The number of halogens is 2. The summed E-state index contributed by atoms with van der Waals surface area (Å²) in [5.74, 6) is 0.382. The Hall–Kier alpha value is -0.640. The molecule has 1 saturated heterocycles. The van der Waals surface area contributed by atoms with Crippen LogP contribution >= 0.6 is 11.6 Å². The maximum absolute atomic E-state index is 13.2. The van der Waals surface area contributed by atoms with E-state index in [1.807, 2.05) is 0 Å². The summed E-state index contributed by atoms with van der Waals surface area (Å²) < 4.78 is 13.2. The lowest BCUT2D eigenvalue weighted by molar-refractivity contribution is 0.0760. The van der Waals surface area contributed by atoms with E-state index in [2.05, 4.69) is 37.9 Å². The molecule has 1 aliphatic rings. The van der Waals surface area contributed by atoms with E-state index in [9.17, 15) is 4.39 Å². The van der Waals surface area contributed by atoms with Gasteiger partial charge in [-0.3, -0.25) is 4.90 Å². The number of benzene rings is 1. The van der Waals surface area contributed by atoms with Gasteiger partial charge < -0.3 is 5.32 Å². The molecule has 118 valence electrons. The zero-order valence-electron chi connectivity index (χ0n) is 13.4. The molecule has 0 radical (unpaired) electrons. The van der Waals surface area contributed by atoms with E-state index in [0.29, 0.717) is 17.0 Å². The predicted molar refractivity (Wildman–Crippen MR) is 87.1 cm³/mol. The second kappa shape index (κ2) is 6.64. The van der Waals surface area contributed by atoms with Crippen LogP contribution in [0, 0.1) is 11.7 Å². The van der Waals surface area contributed by atoms with Gasteiger partial charge in [0.1, 0.15) is 5.82 Å². The minimum absolute atomic E-state index is 0.0972. The van der Waals surface area contributed by atoms with Gasteiger partial charge in [-0.1, -0.05) is 31.5 Å².